The monoisotopic (exact) mass is 490 g/mol. The lowest BCUT2D eigenvalue weighted by Gasteiger charge is -2.26. The highest BCUT2D eigenvalue weighted by Crippen LogP contribution is 2.11. The zero-order valence-electron chi connectivity index (χ0n) is 20.0. The molecule has 5 unspecified atom stereocenters. The van der Waals surface area contributed by atoms with Gasteiger partial charge in [0.05, 0.1) is 12.5 Å². The van der Waals surface area contributed by atoms with Crippen LogP contribution in [0, 0.1) is 5.92 Å². The zero-order valence-corrected chi connectivity index (χ0v) is 20.0. The highest BCUT2D eigenvalue weighted by atomic mass is 16.4. The van der Waals surface area contributed by atoms with Crippen molar-refractivity contribution in [2.75, 3.05) is 6.54 Å². The first kappa shape index (κ1) is 27.8. The molecule has 5 atom stereocenters. The number of carboxylic acids is 2. The van der Waals surface area contributed by atoms with Crippen molar-refractivity contribution in [3.8, 4) is 0 Å². The number of carbonyl (C=O) groups is 5. The van der Waals surface area contributed by atoms with E-state index in [4.69, 9.17) is 0 Å². The van der Waals surface area contributed by atoms with E-state index in [0.717, 1.165) is 6.42 Å². The zero-order chi connectivity index (χ0) is 26.0. The quantitative estimate of drug-likeness (QED) is 0.225. The van der Waals surface area contributed by atoms with Gasteiger partial charge in [-0.25, -0.2) is 4.79 Å². The summed E-state index contributed by atoms with van der Waals surface area (Å²) >= 11 is 0. The molecule has 192 valence electrons. The first-order valence-corrected chi connectivity index (χ1v) is 11.7. The van der Waals surface area contributed by atoms with Crippen LogP contribution in [0.2, 0.25) is 0 Å². The van der Waals surface area contributed by atoms with E-state index in [1.54, 1.807) is 44.2 Å². The number of amides is 3. The SMILES string of the molecule is CCC(C)C(NC(=O)C(Cc1ccccc1)NC(=O)C(CC(=O)O)NC(=O)C1CCCN1)C(=O)O. The van der Waals surface area contributed by atoms with Gasteiger partial charge in [0.15, 0.2) is 0 Å². The van der Waals surface area contributed by atoms with Crippen LogP contribution >= 0.6 is 0 Å². The highest BCUT2D eigenvalue weighted by molar-refractivity contribution is 5.95. The molecular weight excluding hydrogens is 456 g/mol. The maximum atomic E-state index is 13.1. The first-order valence-electron chi connectivity index (χ1n) is 11.7. The third-order valence-corrected chi connectivity index (χ3v) is 6.08. The van der Waals surface area contributed by atoms with Crippen molar-refractivity contribution in [2.24, 2.45) is 5.92 Å². The van der Waals surface area contributed by atoms with Crippen molar-refractivity contribution in [1.82, 2.24) is 21.3 Å². The first-order chi connectivity index (χ1) is 16.6. The van der Waals surface area contributed by atoms with Gasteiger partial charge in [0.25, 0.3) is 0 Å². The molecule has 1 aromatic rings. The normalized spacial score (nSPS) is 18.5. The van der Waals surface area contributed by atoms with Crippen LogP contribution < -0.4 is 21.3 Å². The number of carbonyl (C=O) groups excluding carboxylic acids is 3. The lowest BCUT2D eigenvalue weighted by atomic mass is 9.98. The van der Waals surface area contributed by atoms with E-state index < -0.39 is 60.2 Å². The van der Waals surface area contributed by atoms with E-state index in [1.165, 1.54) is 0 Å². The van der Waals surface area contributed by atoms with Crippen molar-refractivity contribution in [3.05, 3.63) is 35.9 Å². The lowest BCUT2D eigenvalue weighted by molar-refractivity contribution is -0.144. The molecule has 1 saturated heterocycles. The Kier molecular flexibility index (Phi) is 10.7. The van der Waals surface area contributed by atoms with Crippen LogP contribution in [0.25, 0.3) is 0 Å². The summed E-state index contributed by atoms with van der Waals surface area (Å²) in [7, 11) is 0. The molecule has 1 aliphatic rings. The predicted molar refractivity (Wildman–Crippen MR) is 126 cm³/mol. The molecular formula is C24H34N4O7. The molecule has 0 bridgehead atoms. The smallest absolute Gasteiger partial charge is 0.326 e. The minimum atomic E-state index is -1.40. The largest absolute Gasteiger partial charge is 0.481 e. The predicted octanol–water partition coefficient (Wildman–Crippen LogP) is 0.0409. The van der Waals surface area contributed by atoms with Gasteiger partial charge in [-0.3, -0.25) is 19.2 Å². The number of carboxylic acid groups (broad SMARTS) is 2. The van der Waals surface area contributed by atoms with E-state index in [1.807, 2.05) is 0 Å². The summed E-state index contributed by atoms with van der Waals surface area (Å²) < 4.78 is 0. The Morgan fingerprint density at radius 3 is 2.20 bits per heavy atom. The van der Waals surface area contributed by atoms with E-state index in [2.05, 4.69) is 21.3 Å². The standard InChI is InChI=1S/C24H34N4O7/c1-3-14(2)20(24(34)35)28-23(33)17(12-15-8-5-4-6-9-15)26-22(32)18(13-19(29)30)27-21(31)16-10-7-11-25-16/h4-6,8-9,14,16-18,20,25H,3,7,10-13H2,1-2H3,(H,26,32)(H,27,31)(H,28,33)(H,29,30)(H,34,35). The number of aliphatic carboxylic acids is 2. The molecule has 0 aromatic heterocycles. The van der Waals surface area contributed by atoms with Crippen molar-refractivity contribution in [2.45, 2.75) is 70.1 Å². The second kappa shape index (κ2) is 13.4. The summed E-state index contributed by atoms with van der Waals surface area (Å²) in [4.78, 5) is 61.7. The summed E-state index contributed by atoms with van der Waals surface area (Å²) in [6, 6.07) is 4.53. The summed E-state index contributed by atoms with van der Waals surface area (Å²) in [5.41, 5.74) is 0.706. The second-order valence-corrected chi connectivity index (χ2v) is 8.77. The molecule has 1 aromatic carbocycles. The third-order valence-electron chi connectivity index (χ3n) is 6.08. The van der Waals surface area contributed by atoms with Crippen LogP contribution in [0.3, 0.4) is 0 Å². The number of benzene rings is 1. The molecule has 0 aliphatic carbocycles. The maximum Gasteiger partial charge on any atom is 0.326 e. The summed E-state index contributed by atoms with van der Waals surface area (Å²) in [5.74, 6) is -4.90. The molecule has 6 N–H and O–H groups in total. The summed E-state index contributed by atoms with van der Waals surface area (Å²) in [6.07, 6.45) is 1.24. The van der Waals surface area contributed by atoms with Gasteiger partial charge in [0, 0.05) is 6.42 Å². The molecule has 3 amide bonds. The molecule has 0 spiro atoms. The molecule has 0 radical (unpaired) electrons. The van der Waals surface area contributed by atoms with Crippen LogP contribution in [-0.4, -0.2) is 70.6 Å². The molecule has 35 heavy (non-hydrogen) atoms. The Balaban J connectivity index is 2.21. The topological polar surface area (TPSA) is 174 Å². The molecule has 1 heterocycles. The minimum absolute atomic E-state index is 0.0448. The van der Waals surface area contributed by atoms with Gasteiger partial charge in [-0.15, -0.1) is 0 Å². The molecule has 11 nitrogen and oxygen atoms in total. The Hall–Kier alpha value is -3.47. The van der Waals surface area contributed by atoms with Crippen LogP contribution in [0.5, 0.6) is 0 Å². The second-order valence-electron chi connectivity index (χ2n) is 8.77. The fraction of sp³-hybridized carbons (Fsp3) is 0.542. The number of hydrogen-bond donors (Lipinski definition) is 6. The van der Waals surface area contributed by atoms with Gasteiger partial charge in [-0.1, -0.05) is 50.6 Å². The fourth-order valence-corrected chi connectivity index (χ4v) is 3.83. The van der Waals surface area contributed by atoms with Crippen molar-refractivity contribution in [1.29, 1.82) is 0 Å². The maximum absolute atomic E-state index is 13.1. The summed E-state index contributed by atoms with van der Waals surface area (Å²) in [6.45, 7) is 4.14. The minimum Gasteiger partial charge on any atom is -0.481 e. The number of hydrogen-bond acceptors (Lipinski definition) is 6. The molecule has 1 aliphatic heterocycles. The van der Waals surface area contributed by atoms with Gasteiger partial charge < -0.3 is 31.5 Å². The Labute approximate surface area is 204 Å². The van der Waals surface area contributed by atoms with Crippen molar-refractivity contribution < 1.29 is 34.2 Å². The van der Waals surface area contributed by atoms with Gasteiger partial charge >= 0.3 is 11.9 Å². The van der Waals surface area contributed by atoms with Crippen LogP contribution in [0.4, 0.5) is 0 Å². The van der Waals surface area contributed by atoms with E-state index in [-0.39, 0.29) is 12.3 Å². The average molecular weight is 491 g/mol. The van der Waals surface area contributed by atoms with Crippen LogP contribution in [-0.2, 0) is 30.4 Å². The van der Waals surface area contributed by atoms with E-state index in [9.17, 15) is 34.2 Å². The molecule has 1 fully saturated rings. The van der Waals surface area contributed by atoms with E-state index in [0.29, 0.717) is 24.9 Å². The van der Waals surface area contributed by atoms with Gasteiger partial charge in [-0.2, -0.15) is 0 Å². The lowest BCUT2D eigenvalue weighted by Crippen LogP contribution is -2.58. The fourth-order valence-electron chi connectivity index (χ4n) is 3.83. The van der Waals surface area contributed by atoms with Crippen LogP contribution in [0.1, 0.15) is 45.1 Å². The average Bonchev–Trinajstić information content (AvgIpc) is 3.36. The van der Waals surface area contributed by atoms with Crippen molar-refractivity contribution >= 4 is 29.7 Å². The number of rotatable bonds is 13. The van der Waals surface area contributed by atoms with Crippen LogP contribution in [0.15, 0.2) is 30.3 Å². The molecule has 0 saturated carbocycles. The highest BCUT2D eigenvalue weighted by Gasteiger charge is 2.33. The van der Waals surface area contributed by atoms with Gasteiger partial charge in [0.1, 0.15) is 18.1 Å². The number of nitrogens with one attached hydrogen (secondary N) is 4. The molecule has 11 heteroatoms. The van der Waals surface area contributed by atoms with Crippen molar-refractivity contribution in [3.63, 3.8) is 0 Å². The Morgan fingerprint density at radius 1 is 1.00 bits per heavy atom. The van der Waals surface area contributed by atoms with Gasteiger partial charge in [0.2, 0.25) is 17.7 Å². The molecule has 2 rings (SSSR count). The Bertz CT molecular complexity index is 902. The van der Waals surface area contributed by atoms with Gasteiger partial charge in [-0.05, 0) is 30.9 Å². The summed E-state index contributed by atoms with van der Waals surface area (Å²) in [5, 5.41) is 29.3. The Morgan fingerprint density at radius 2 is 1.66 bits per heavy atom. The van der Waals surface area contributed by atoms with E-state index >= 15 is 0 Å². The third kappa shape index (κ3) is 8.67.